The number of rotatable bonds is 11. The number of hydrogen-bond acceptors (Lipinski definition) is 3. The van der Waals surface area contributed by atoms with Gasteiger partial charge in [0.2, 0.25) is 5.91 Å². The maximum atomic E-state index is 11.8. The number of nitrogens with zero attached hydrogens (tertiary/aromatic N) is 2. The summed E-state index contributed by atoms with van der Waals surface area (Å²) in [6.07, 6.45) is 10.2. The van der Waals surface area contributed by atoms with E-state index in [-0.39, 0.29) is 5.91 Å². The second-order valence-corrected chi connectivity index (χ2v) is 5.98. The maximum Gasteiger partial charge on any atom is 0.220 e. The topological polar surface area (TPSA) is 72.9 Å². The predicted molar refractivity (Wildman–Crippen MR) is 85.7 cm³/mol. The maximum absolute atomic E-state index is 11.8. The van der Waals surface area contributed by atoms with Crippen molar-refractivity contribution in [3.05, 3.63) is 18.7 Å². The van der Waals surface area contributed by atoms with Crippen molar-refractivity contribution in [1.82, 2.24) is 14.9 Å². The summed E-state index contributed by atoms with van der Waals surface area (Å²) in [7, 11) is 0. The number of unbranched alkanes of at least 4 members (excludes halogenated alkanes) is 1. The minimum Gasteiger partial charge on any atom is -0.356 e. The molecule has 0 aliphatic rings. The van der Waals surface area contributed by atoms with Gasteiger partial charge in [-0.25, -0.2) is 4.98 Å². The molecule has 3 N–H and O–H groups in total. The summed E-state index contributed by atoms with van der Waals surface area (Å²) in [4.78, 5) is 15.8. The fourth-order valence-electron chi connectivity index (χ4n) is 2.50. The zero-order valence-electron chi connectivity index (χ0n) is 13.4. The van der Waals surface area contributed by atoms with Crippen LogP contribution in [0.2, 0.25) is 0 Å². The van der Waals surface area contributed by atoms with E-state index in [1.807, 2.05) is 12.5 Å². The molecule has 0 aliphatic carbocycles. The monoisotopic (exact) mass is 294 g/mol. The molecule has 1 heterocycles. The van der Waals surface area contributed by atoms with Crippen molar-refractivity contribution in [2.45, 2.75) is 52.5 Å². The number of hydrogen-bond donors (Lipinski definition) is 2. The molecule has 0 radical (unpaired) electrons. The lowest BCUT2D eigenvalue weighted by atomic mass is 9.88. The van der Waals surface area contributed by atoms with Gasteiger partial charge in [0, 0.05) is 31.9 Å². The molecule has 1 aromatic rings. The molecule has 0 saturated heterocycles. The zero-order valence-corrected chi connectivity index (χ0v) is 13.4. The molecule has 1 atom stereocenters. The molecule has 1 unspecified atom stereocenters. The molecule has 0 saturated carbocycles. The summed E-state index contributed by atoms with van der Waals surface area (Å²) in [5.74, 6) is 1.32. The fourth-order valence-corrected chi connectivity index (χ4v) is 2.50. The average Bonchev–Trinajstić information content (AvgIpc) is 2.96. The molecule has 1 amide bonds. The van der Waals surface area contributed by atoms with Crippen molar-refractivity contribution >= 4 is 5.91 Å². The number of imidazole rings is 1. The van der Waals surface area contributed by atoms with Crippen molar-refractivity contribution in [1.29, 1.82) is 0 Å². The van der Waals surface area contributed by atoms with Crippen LogP contribution in [0.25, 0.3) is 0 Å². The van der Waals surface area contributed by atoms with Crippen molar-refractivity contribution in [3.63, 3.8) is 0 Å². The normalized spacial score (nSPS) is 12.6. The van der Waals surface area contributed by atoms with Gasteiger partial charge in [-0.1, -0.05) is 13.8 Å². The molecule has 5 heteroatoms. The highest BCUT2D eigenvalue weighted by atomic mass is 16.1. The molecular weight excluding hydrogens is 264 g/mol. The number of aryl methyl sites for hydroxylation is 1. The number of amides is 1. The molecule has 0 aliphatic heterocycles. The molecule has 0 aromatic carbocycles. The van der Waals surface area contributed by atoms with E-state index in [9.17, 15) is 4.79 Å². The summed E-state index contributed by atoms with van der Waals surface area (Å²) in [5.41, 5.74) is 5.62. The lowest BCUT2D eigenvalue weighted by Crippen LogP contribution is -2.26. The number of aromatic nitrogens is 2. The Balaban J connectivity index is 2.05. The van der Waals surface area contributed by atoms with Gasteiger partial charge < -0.3 is 15.6 Å². The summed E-state index contributed by atoms with van der Waals surface area (Å²) >= 11 is 0. The minimum absolute atomic E-state index is 0.167. The van der Waals surface area contributed by atoms with Gasteiger partial charge in [-0.2, -0.15) is 0 Å². The Labute approximate surface area is 128 Å². The Morgan fingerprint density at radius 3 is 2.76 bits per heavy atom. The van der Waals surface area contributed by atoms with Crippen LogP contribution in [-0.2, 0) is 11.3 Å². The molecule has 120 valence electrons. The van der Waals surface area contributed by atoms with E-state index in [0.29, 0.717) is 24.8 Å². The Morgan fingerprint density at radius 2 is 2.14 bits per heavy atom. The first kappa shape index (κ1) is 17.7. The van der Waals surface area contributed by atoms with E-state index in [2.05, 4.69) is 28.7 Å². The largest absolute Gasteiger partial charge is 0.356 e. The standard InChI is InChI=1S/C16H30N4O/c1-14(2)15(7-8-17)5-6-16(21)19-9-3-4-11-20-12-10-18-13-20/h10,12-15H,3-9,11,17H2,1-2H3,(H,19,21). The molecule has 0 fully saturated rings. The SMILES string of the molecule is CC(C)C(CCN)CCC(=O)NCCCCn1ccnc1. The molecule has 0 spiro atoms. The first-order valence-electron chi connectivity index (χ1n) is 8.06. The van der Waals surface area contributed by atoms with Gasteiger partial charge in [-0.3, -0.25) is 4.79 Å². The van der Waals surface area contributed by atoms with Crippen LogP contribution in [0.15, 0.2) is 18.7 Å². The van der Waals surface area contributed by atoms with Crippen LogP contribution in [0, 0.1) is 11.8 Å². The van der Waals surface area contributed by atoms with Gasteiger partial charge >= 0.3 is 0 Å². The van der Waals surface area contributed by atoms with Gasteiger partial charge in [0.25, 0.3) is 0 Å². The van der Waals surface area contributed by atoms with Crippen LogP contribution in [0.1, 0.15) is 46.0 Å². The van der Waals surface area contributed by atoms with Crippen LogP contribution in [0.5, 0.6) is 0 Å². The lowest BCUT2D eigenvalue weighted by molar-refractivity contribution is -0.121. The second-order valence-electron chi connectivity index (χ2n) is 5.98. The molecule has 1 rings (SSSR count). The summed E-state index contributed by atoms with van der Waals surface area (Å²) < 4.78 is 2.06. The van der Waals surface area contributed by atoms with Crippen molar-refractivity contribution < 1.29 is 4.79 Å². The summed E-state index contributed by atoms with van der Waals surface area (Å²) in [5, 5.41) is 3.00. The number of carbonyl (C=O) groups is 1. The Kier molecular flexibility index (Phi) is 8.74. The lowest BCUT2D eigenvalue weighted by Gasteiger charge is -2.19. The Morgan fingerprint density at radius 1 is 1.33 bits per heavy atom. The highest BCUT2D eigenvalue weighted by Gasteiger charge is 2.14. The van der Waals surface area contributed by atoms with Gasteiger partial charge in [0.05, 0.1) is 6.33 Å². The smallest absolute Gasteiger partial charge is 0.220 e. The van der Waals surface area contributed by atoms with Gasteiger partial charge in [0.1, 0.15) is 0 Å². The minimum atomic E-state index is 0.167. The van der Waals surface area contributed by atoms with E-state index >= 15 is 0 Å². The molecule has 21 heavy (non-hydrogen) atoms. The number of nitrogens with one attached hydrogen (secondary N) is 1. The van der Waals surface area contributed by atoms with Crippen molar-refractivity contribution in [2.75, 3.05) is 13.1 Å². The predicted octanol–water partition coefficient (Wildman–Crippen LogP) is 2.18. The third kappa shape index (κ3) is 7.85. The Hall–Kier alpha value is -1.36. The molecule has 1 aromatic heterocycles. The fraction of sp³-hybridized carbons (Fsp3) is 0.750. The molecular formula is C16H30N4O. The third-order valence-corrected chi connectivity index (χ3v) is 3.95. The van der Waals surface area contributed by atoms with Crippen LogP contribution < -0.4 is 11.1 Å². The Bertz CT molecular complexity index is 376. The van der Waals surface area contributed by atoms with E-state index in [1.54, 1.807) is 6.20 Å². The van der Waals surface area contributed by atoms with E-state index in [1.165, 1.54) is 0 Å². The van der Waals surface area contributed by atoms with Crippen LogP contribution in [0.4, 0.5) is 0 Å². The highest BCUT2D eigenvalue weighted by Crippen LogP contribution is 2.20. The van der Waals surface area contributed by atoms with Gasteiger partial charge in [0.15, 0.2) is 0 Å². The van der Waals surface area contributed by atoms with Crippen molar-refractivity contribution in [2.24, 2.45) is 17.6 Å². The quantitative estimate of drug-likeness (QED) is 0.614. The zero-order chi connectivity index (χ0) is 15.5. The van der Waals surface area contributed by atoms with E-state index in [4.69, 9.17) is 5.73 Å². The van der Waals surface area contributed by atoms with Crippen LogP contribution >= 0.6 is 0 Å². The molecule has 0 bridgehead atoms. The highest BCUT2D eigenvalue weighted by molar-refractivity contribution is 5.75. The first-order chi connectivity index (χ1) is 10.1. The van der Waals surface area contributed by atoms with Gasteiger partial charge in [-0.05, 0) is 44.1 Å². The number of nitrogens with two attached hydrogens (primary N) is 1. The van der Waals surface area contributed by atoms with E-state index < -0.39 is 0 Å². The van der Waals surface area contributed by atoms with E-state index in [0.717, 1.165) is 38.8 Å². The number of carbonyl (C=O) groups excluding carboxylic acids is 1. The first-order valence-corrected chi connectivity index (χ1v) is 8.06. The molecule has 5 nitrogen and oxygen atoms in total. The summed E-state index contributed by atoms with van der Waals surface area (Å²) in [6, 6.07) is 0. The van der Waals surface area contributed by atoms with Gasteiger partial charge in [-0.15, -0.1) is 0 Å². The second kappa shape index (κ2) is 10.4. The van der Waals surface area contributed by atoms with Crippen molar-refractivity contribution in [3.8, 4) is 0 Å². The average molecular weight is 294 g/mol. The van der Waals surface area contributed by atoms with Crippen LogP contribution in [-0.4, -0.2) is 28.5 Å². The van der Waals surface area contributed by atoms with Crippen LogP contribution in [0.3, 0.4) is 0 Å². The summed E-state index contributed by atoms with van der Waals surface area (Å²) in [6.45, 7) is 6.83. The third-order valence-electron chi connectivity index (χ3n) is 3.95.